The van der Waals surface area contributed by atoms with Gasteiger partial charge in [0.1, 0.15) is 11.2 Å². The summed E-state index contributed by atoms with van der Waals surface area (Å²) in [7, 11) is 0. The summed E-state index contributed by atoms with van der Waals surface area (Å²) in [5.41, 5.74) is 5.93. The molecule has 0 aliphatic rings. The van der Waals surface area contributed by atoms with E-state index in [1.807, 2.05) is 72.8 Å². The van der Waals surface area contributed by atoms with Crippen LogP contribution in [0.4, 0.5) is 0 Å². The lowest BCUT2D eigenvalue weighted by atomic mass is 9.84. The van der Waals surface area contributed by atoms with Crippen LogP contribution >= 0.6 is 0 Å². The van der Waals surface area contributed by atoms with E-state index in [9.17, 15) is 6.85 Å². The molecule has 0 aliphatic heterocycles. The monoisotopic (exact) mass is 764 g/mol. The molecule has 0 N–H and O–H groups in total. The predicted molar refractivity (Wildman–Crippen MR) is 252 cm³/mol. The molecule has 276 valence electrons. The van der Waals surface area contributed by atoms with Gasteiger partial charge >= 0.3 is 0 Å². The normalized spacial score (nSPS) is 15.2. The smallest absolute Gasteiger partial charge is 0.136 e. The topological polar surface area (TPSA) is 13.1 Å². The van der Waals surface area contributed by atoms with Crippen molar-refractivity contribution in [3.05, 3.63) is 217 Å². The van der Waals surface area contributed by atoms with Gasteiger partial charge in [0.05, 0.1) is 19.2 Å². The first-order valence-corrected chi connectivity index (χ1v) is 19.4. The molecule has 0 bridgehead atoms. The van der Waals surface area contributed by atoms with Crippen LogP contribution in [0.15, 0.2) is 204 Å². The molecule has 0 saturated heterocycles. The lowest BCUT2D eigenvalue weighted by Gasteiger charge is -2.19. The Bertz CT molecular complexity index is 4390. The number of fused-ring (bicyclic) bond motifs is 8. The fourth-order valence-corrected chi connectivity index (χ4v) is 8.89. The molecule has 1 heterocycles. The molecule has 1 aromatic heterocycles. The van der Waals surface area contributed by atoms with Gasteiger partial charge in [-0.1, -0.05) is 181 Å². The molecule has 12 rings (SSSR count). The summed E-state index contributed by atoms with van der Waals surface area (Å²) in [6.45, 7) is 1.54. The van der Waals surface area contributed by atoms with Crippen LogP contribution in [0.3, 0.4) is 0 Å². The Morgan fingerprint density at radius 3 is 2.05 bits per heavy atom. The van der Waals surface area contributed by atoms with E-state index in [4.69, 9.17) is 16.8 Å². The zero-order valence-electron chi connectivity index (χ0n) is 45.6. The third-order valence-electron chi connectivity index (χ3n) is 11.5. The highest BCUT2D eigenvalue weighted by atomic mass is 16.3. The zero-order valence-corrected chi connectivity index (χ0v) is 31.6. The number of hydrogen-bond acceptors (Lipinski definition) is 1. The largest absolute Gasteiger partial charge is 0.456 e. The minimum Gasteiger partial charge on any atom is -0.456 e. The second kappa shape index (κ2) is 13.3. The van der Waals surface area contributed by atoms with Gasteiger partial charge in [-0.2, -0.15) is 0 Å². The number of furan rings is 1. The van der Waals surface area contributed by atoms with Crippen molar-refractivity contribution in [3.8, 4) is 33.4 Å². The molecule has 0 saturated carbocycles. The Morgan fingerprint density at radius 2 is 1.14 bits per heavy atom. The van der Waals surface area contributed by atoms with E-state index in [1.165, 1.54) is 0 Å². The van der Waals surface area contributed by atoms with Crippen molar-refractivity contribution in [2.24, 2.45) is 0 Å². The molecule has 1 heteroatoms. The van der Waals surface area contributed by atoms with Crippen LogP contribution < -0.4 is 0 Å². The maximum absolute atomic E-state index is 9.73. The first-order valence-electron chi connectivity index (χ1n) is 26.4. The molecular formula is C58H38O. The number of benzene rings is 11. The van der Waals surface area contributed by atoms with Crippen molar-refractivity contribution in [2.45, 2.75) is 13.3 Å². The molecule has 0 atom stereocenters. The van der Waals surface area contributed by atoms with Gasteiger partial charge in [0.15, 0.2) is 0 Å². The van der Waals surface area contributed by atoms with Gasteiger partial charge in [-0.25, -0.2) is 0 Å². The highest BCUT2D eigenvalue weighted by Gasteiger charge is 2.19. The van der Waals surface area contributed by atoms with Gasteiger partial charge in [-0.05, 0) is 136 Å². The van der Waals surface area contributed by atoms with Gasteiger partial charge in [0.25, 0.3) is 0 Å². The quantitative estimate of drug-likeness (QED) is 0.159. The SMILES string of the molecule is [2H]c1c([2H])c([2H])c2c(Cc3c4c([2H])c([2H])c([2H])c([2H])c4c(-c4ccc5cccc(-c6ccc7oc8cccc(-c9cccc%10ccccc9%10)c8c7c6)c5c4)c4c([2H])c(C)c([2H])c([2H])c34)c([2H])c([2H])c([2H])c2c1[2H]. The Morgan fingerprint density at radius 1 is 0.441 bits per heavy atom. The standard InChI is InChI=1S/C58H38O/c1-36-26-30-48-52(33-40-17-8-14-37-12-2-4-18-43(37)40)47-20-6-7-21-49(47)57(53(48)32-36)42-28-27-39-16-9-22-45(51(39)35-42)41-29-31-55-54(34-41)58-50(24-11-25-56(58)59-55)46-23-10-15-38-13-3-5-19-44(38)46/h2-32,34-35H,33H2,1H3/i2D,4D,6D,7D,8D,12D,14D,17D,18D,20D,21D,26D,30D,32D. The van der Waals surface area contributed by atoms with Crippen LogP contribution in [0.1, 0.15) is 35.9 Å². The molecule has 12 aromatic rings. The van der Waals surface area contributed by atoms with E-state index >= 15 is 0 Å². The Hall–Kier alpha value is -7.48. The number of rotatable bonds is 5. The molecular weight excluding hydrogens is 713 g/mol. The number of hydrogen-bond donors (Lipinski definition) is 0. The van der Waals surface area contributed by atoms with Crippen LogP contribution in [0.25, 0.3) is 109 Å². The van der Waals surface area contributed by atoms with Crippen molar-refractivity contribution in [3.63, 3.8) is 0 Å². The van der Waals surface area contributed by atoms with Crippen molar-refractivity contribution < 1.29 is 23.6 Å². The van der Waals surface area contributed by atoms with Crippen LogP contribution in [-0.2, 0) is 6.42 Å². The van der Waals surface area contributed by atoms with Gasteiger partial charge in [-0.15, -0.1) is 0 Å². The van der Waals surface area contributed by atoms with E-state index in [0.29, 0.717) is 11.1 Å². The van der Waals surface area contributed by atoms with E-state index in [2.05, 4.69) is 42.5 Å². The van der Waals surface area contributed by atoms with Gasteiger partial charge in [0, 0.05) is 10.8 Å². The average molecular weight is 765 g/mol. The lowest BCUT2D eigenvalue weighted by molar-refractivity contribution is 0.669. The van der Waals surface area contributed by atoms with Crippen molar-refractivity contribution in [1.29, 1.82) is 0 Å². The third kappa shape index (κ3) is 5.39. The second-order valence-electron chi connectivity index (χ2n) is 14.9. The average Bonchev–Trinajstić information content (AvgIpc) is 3.79. The van der Waals surface area contributed by atoms with Gasteiger partial charge in [0.2, 0.25) is 0 Å². The minimum absolute atomic E-state index is 0.00330. The van der Waals surface area contributed by atoms with E-state index in [0.717, 1.165) is 60.2 Å². The van der Waals surface area contributed by atoms with E-state index in [1.54, 1.807) is 6.92 Å². The van der Waals surface area contributed by atoms with Crippen molar-refractivity contribution in [1.82, 2.24) is 0 Å². The minimum atomic E-state index is -0.639. The molecule has 0 fully saturated rings. The predicted octanol–water partition coefficient (Wildman–Crippen LogP) is 16.3. The Kier molecular flexibility index (Phi) is 5.06. The van der Waals surface area contributed by atoms with Crippen LogP contribution in [0.2, 0.25) is 0 Å². The van der Waals surface area contributed by atoms with E-state index in [-0.39, 0.29) is 72.7 Å². The first-order chi connectivity index (χ1) is 35.0. The van der Waals surface area contributed by atoms with Crippen molar-refractivity contribution in [2.75, 3.05) is 0 Å². The molecule has 0 unspecified atom stereocenters. The molecule has 0 spiro atoms. The summed E-state index contributed by atoms with van der Waals surface area (Å²) in [5, 5.41) is 5.23. The van der Waals surface area contributed by atoms with Crippen molar-refractivity contribution >= 4 is 75.8 Å². The first kappa shape index (κ1) is 22.5. The van der Waals surface area contributed by atoms with Crippen LogP contribution in [0.5, 0.6) is 0 Å². The molecule has 11 aromatic carbocycles. The summed E-state index contributed by atoms with van der Waals surface area (Å²) in [6, 6.07) is 31.1. The molecule has 0 amide bonds. The summed E-state index contributed by atoms with van der Waals surface area (Å²) in [4.78, 5) is 0. The Balaban J connectivity index is 1.15. The van der Waals surface area contributed by atoms with Crippen LogP contribution in [0, 0.1) is 6.92 Å². The molecule has 0 radical (unpaired) electrons. The highest BCUT2D eigenvalue weighted by Crippen LogP contribution is 2.44. The maximum Gasteiger partial charge on any atom is 0.136 e. The summed E-state index contributed by atoms with van der Waals surface area (Å²) in [5.74, 6) is 0. The molecule has 59 heavy (non-hydrogen) atoms. The summed E-state index contributed by atoms with van der Waals surface area (Å²) < 4.78 is 133. The Labute approximate surface area is 362 Å². The highest BCUT2D eigenvalue weighted by molar-refractivity contribution is 6.18. The van der Waals surface area contributed by atoms with Gasteiger partial charge < -0.3 is 4.42 Å². The third-order valence-corrected chi connectivity index (χ3v) is 11.5. The van der Waals surface area contributed by atoms with Gasteiger partial charge in [-0.3, -0.25) is 0 Å². The lowest BCUT2D eigenvalue weighted by Crippen LogP contribution is -1.97. The zero-order chi connectivity index (χ0) is 51.2. The molecule has 1 nitrogen and oxygen atoms in total. The van der Waals surface area contributed by atoms with Crippen LogP contribution in [-0.4, -0.2) is 0 Å². The fourth-order valence-electron chi connectivity index (χ4n) is 8.89. The van der Waals surface area contributed by atoms with E-state index < -0.39 is 72.9 Å². The fraction of sp³-hybridized carbons (Fsp3) is 0.0345. The maximum atomic E-state index is 9.73. The molecule has 0 aliphatic carbocycles. The second-order valence-corrected chi connectivity index (χ2v) is 14.9. The summed E-state index contributed by atoms with van der Waals surface area (Å²) in [6.07, 6.45) is -0.512. The summed E-state index contributed by atoms with van der Waals surface area (Å²) >= 11 is 0.